The first-order valence-electron chi connectivity index (χ1n) is 4.88. The van der Waals surface area contributed by atoms with E-state index in [1.807, 2.05) is 30.5 Å². The zero-order chi connectivity index (χ0) is 12.1. The lowest BCUT2D eigenvalue weighted by atomic mass is 10.2. The van der Waals surface area contributed by atoms with Crippen LogP contribution in [-0.2, 0) is 0 Å². The van der Waals surface area contributed by atoms with E-state index in [1.54, 1.807) is 18.0 Å². The minimum atomic E-state index is 0.391. The number of benzene rings is 1. The third-order valence-corrected chi connectivity index (χ3v) is 2.81. The molecule has 7 heteroatoms. The van der Waals surface area contributed by atoms with Gasteiger partial charge in [-0.25, -0.2) is 10.1 Å². The predicted molar refractivity (Wildman–Crippen MR) is 69.6 cm³/mol. The summed E-state index contributed by atoms with van der Waals surface area (Å²) in [4.78, 5) is 1.22. The molecule has 1 heterocycles. The number of hydrazone groups is 1. The van der Waals surface area contributed by atoms with Crippen molar-refractivity contribution in [2.75, 3.05) is 17.5 Å². The van der Waals surface area contributed by atoms with Crippen LogP contribution in [-0.4, -0.2) is 27.3 Å². The van der Waals surface area contributed by atoms with Gasteiger partial charge in [-0.05, 0) is 24.0 Å². The molecule has 2 rings (SSSR count). The van der Waals surface area contributed by atoms with E-state index in [0.717, 1.165) is 5.56 Å². The third-order valence-electron chi connectivity index (χ3n) is 2.07. The van der Waals surface area contributed by atoms with Gasteiger partial charge in [0.15, 0.2) is 0 Å². The first-order chi connectivity index (χ1) is 8.29. The van der Waals surface area contributed by atoms with Gasteiger partial charge in [-0.15, -0.1) is 22.0 Å². The van der Waals surface area contributed by atoms with Gasteiger partial charge in [-0.3, -0.25) is 0 Å². The van der Waals surface area contributed by atoms with Crippen molar-refractivity contribution < 1.29 is 0 Å². The highest BCUT2D eigenvalue weighted by molar-refractivity contribution is 7.98. The topological polar surface area (TPSA) is 81.1 Å². The van der Waals surface area contributed by atoms with Crippen LogP contribution in [0.2, 0.25) is 0 Å². The van der Waals surface area contributed by atoms with E-state index in [4.69, 9.17) is 5.84 Å². The van der Waals surface area contributed by atoms with Crippen LogP contribution < -0.4 is 11.3 Å². The van der Waals surface area contributed by atoms with Crippen molar-refractivity contribution in [3.8, 4) is 0 Å². The van der Waals surface area contributed by atoms with E-state index < -0.39 is 0 Å². The highest BCUT2D eigenvalue weighted by Crippen LogP contribution is 2.13. The largest absolute Gasteiger partial charge is 0.335 e. The minimum absolute atomic E-state index is 0.391. The Morgan fingerprint density at radius 3 is 2.76 bits per heavy atom. The van der Waals surface area contributed by atoms with Gasteiger partial charge < -0.3 is 5.84 Å². The third kappa shape index (κ3) is 2.97. The van der Waals surface area contributed by atoms with E-state index in [9.17, 15) is 0 Å². The molecule has 0 saturated heterocycles. The van der Waals surface area contributed by atoms with E-state index >= 15 is 0 Å². The van der Waals surface area contributed by atoms with Crippen LogP contribution in [0.15, 0.2) is 40.6 Å². The maximum absolute atomic E-state index is 5.51. The van der Waals surface area contributed by atoms with Crippen molar-refractivity contribution >= 4 is 23.9 Å². The Morgan fingerprint density at radius 1 is 1.41 bits per heavy atom. The molecular weight excluding hydrogens is 236 g/mol. The van der Waals surface area contributed by atoms with Crippen LogP contribution in [0.1, 0.15) is 5.56 Å². The molecule has 0 aliphatic carbocycles. The van der Waals surface area contributed by atoms with Crippen LogP contribution in [0.4, 0.5) is 5.95 Å². The Bertz CT molecular complexity index is 504. The fourth-order valence-electron chi connectivity index (χ4n) is 1.18. The Morgan fingerprint density at radius 2 is 2.18 bits per heavy atom. The highest BCUT2D eigenvalue weighted by atomic mass is 32.2. The number of anilines is 1. The van der Waals surface area contributed by atoms with Crippen LogP contribution in [0.5, 0.6) is 0 Å². The molecule has 0 atom stereocenters. The lowest BCUT2D eigenvalue weighted by Crippen LogP contribution is -2.10. The predicted octanol–water partition coefficient (Wildman–Crippen LogP) is 1.16. The van der Waals surface area contributed by atoms with Gasteiger partial charge >= 0.3 is 0 Å². The summed E-state index contributed by atoms with van der Waals surface area (Å²) in [6.07, 6.45) is 5.13. The number of hydrogen-bond acceptors (Lipinski definition) is 6. The molecule has 88 valence electrons. The second-order valence-corrected chi connectivity index (χ2v) is 4.08. The molecule has 0 fully saturated rings. The first kappa shape index (κ1) is 11.5. The van der Waals surface area contributed by atoms with E-state index in [0.29, 0.717) is 5.95 Å². The molecule has 6 nitrogen and oxygen atoms in total. The summed E-state index contributed by atoms with van der Waals surface area (Å²) in [5, 5.41) is 11.4. The van der Waals surface area contributed by atoms with Gasteiger partial charge in [0.25, 0.3) is 5.95 Å². The maximum atomic E-state index is 5.51. The van der Waals surface area contributed by atoms with Crippen molar-refractivity contribution in [3.05, 3.63) is 36.2 Å². The average molecular weight is 248 g/mol. The second-order valence-electron chi connectivity index (χ2n) is 3.20. The molecule has 2 aromatic rings. The summed E-state index contributed by atoms with van der Waals surface area (Å²) in [5.74, 6) is 5.90. The lowest BCUT2D eigenvalue weighted by molar-refractivity contribution is 0.988. The minimum Gasteiger partial charge on any atom is -0.335 e. The zero-order valence-corrected chi connectivity index (χ0v) is 10.1. The van der Waals surface area contributed by atoms with Crippen molar-refractivity contribution in [1.82, 2.24) is 14.9 Å². The van der Waals surface area contributed by atoms with Crippen molar-refractivity contribution in [3.63, 3.8) is 0 Å². The summed E-state index contributed by atoms with van der Waals surface area (Å²) >= 11 is 1.70. The number of nitrogens with two attached hydrogens (primary N) is 1. The van der Waals surface area contributed by atoms with Gasteiger partial charge in [0.2, 0.25) is 0 Å². The van der Waals surface area contributed by atoms with Crippen molar-refractivity contribution in [2.24, 2.45) is 5.10 Å². The maximum Gasteiger partial charge on any atom is 0.263 e. The molecule has 0 radical (unpaired) electrons. The summed E-state index contributed by atoms with van der Waals surface area (Å²) in [7, 11) is 0. The number of rotatable bonds is 4. The molecule has 0 aliphatic rings. The molecule has 0 aliphatic heterocycles. The van der Waals surface area contributed by atoms with Gasteiger partial charge in [-0.1, -0.05) is 12.1 Å². The highest BCUT2D eigenvalue weighted by Gasteiger charge is 1.96. The van der Waals surface area contributed by atoms with Crippen molar-refractivity contribution in [2.45, 2.75) is 4.90 Å². The SMILES string of the molecule is CSc1ccc(/C=N/Nc2nncn2N)cc1. The molecule has 17 heavy (non-hydrogen) atoms. The molecule has 3 N–H and O–H groups in total. The number of aromatic nitrogens is 3. The zero-order valence-electron chi connectivity index (χ0n) is 9.24. The monoisotopic (exact) mass is 248 g/mol. The van der Waals surface area contributed by atoms with E-state index in [2.05, 4.69) is 20.7 Å². The van der Waals surface area contributed by atoms with Gasteiger partial charge in [0, 0.05) is 4.90 Å². The number of nitrogens with one attached hydrogen (secondary N) is 1. The Labute approximate surface area is 103 Å². The van der Waals surface area contributed by atoms with Gasteiger partial charge in [0.05, 0.1) is 6.21 Å². The van der Waals surface area contributed by atoms with Crippen LogP contribution >= 0.6 is 11.8 Å². The molecular formula is C10H12N6S. The number of thioether (sulfide) groups is 1. The smallest absolute Gasteiger partial charge is 0.263 e. The Kier molecular flexibility index (Phi) is 3.61. The lowest BCUT2D eigenvalue weighted by Gasteiger charge is -1.98. The van der Waals surface area contributed by atoms with Crippen LogP contribution in [0, 0.1) is 0 Å². The summed E-state index contributed by atoms with van der Waals surface area (Å²) in [5.41, 5.74) is 3.70. The van der Waals surface area contributed by atoms with E-state index in [-0.39, 0.29) is 0 Å². The van der Waals surface area contributed by atoms with Crippen LogP contribution in [0.3, 0.4) is 0 Å². The van der Waals surface area contributed by atoms with Crippen LogP contribution in [0.25, 0.3) is 0 Å². The van der Waals surface area contributed by atoms with E-state index in [1.165, 1.54) is 15.9 Å². The molecule has 0 bridgehead atoms. The number of nitrogens with zero attached hydrogens (tertiary/aromatic N) is 4. The van der Waals surface area contributed by atoms with Gasteiger partial charge in [-0.2, -0.15) is 5.10 Å². The molecule has 0 spiro atoms. The molecule has 1 aromatic heterocycles. The molecule has 0 saturated carbocycles. The molecule has 1 aromatic carbocycles. The Balaban J connectivity index is 1.98. The second kappa shape index (κ2) is 5.35. The number of nitrogen functional groups attached to an aromatic ring is 1. The standard InChI is InChI=1S/C10H12N6S/c1-17-9-4-2-8(3-5-9)6-12-14-10-15-13-7-16(10)11/h2-7H,11H2,1H3,(H,14,15)/b12-6+. The van der Waals surface area contributed by atoms with Crippen molar-refractivity contribution in [1.29, 1.82) is 0 Å². The Hall–Kier alpha value is -2.02. The normalized spacial score (nSPS) is 10.9. The quantitative estimate of drug-likeness (QED) is 0.367. The average Bonchev–Trinajstić information content (AvgIpc) is 2.76. The summed E-state index contributed by atoms with van der Waals surface area (Å²) in [6.45, 7) is 0. The van der Waals surface area contributed by atoms with Gasteiger partial charge in [0.1, 0.15) is 6.33 Å². The summed E-state index contributed by atoms with van der Waals surface area (Å²) in [6, 6.07) is 8.06. The molecule has 0 unspecified atom stereocenters. The first-order valence-corrected chi connectivity index (χ1v) is 6.10. The summed E-state index contributed by atoms with van der Waals surface area (Å²) < 4.78 is 1.26. The number of hydrogen-bond donors (Lipinski definition) is 2. The molecule has 0 amide bonds. The fourth-order valence-corrected chi connectivity index (χ4v) is 1.59. The fraction of sp³-hybridized carbons (Fsp3) is 0.100.